The molecule has 0 radical (unpaired) electrons. The first-order chi connectivity index (χ1) is 13.9. The summed E-state index contributed by atoms with van der Waals surface area (Å²) in [7, 11) is -3.47. The van der Waals surface area contributed by atoms with Crippen molar-refractivity contribution in [3.63, 3.8) is 0 Å². The molecule has 0 bridgehead atoms. The smallest absolute Gasteiger partial charge is 0.308 e. The number of hydrogen-bond acceptors (Lipinski definition) is 7. The first-order valence-electron chi connectivity index (χ1n) is 9.72. The summed E-state index contributed by atoms with van der Waals surface area (Å²) in [4.78, 5) is 12.3. The van der Waals surface area contributed by atoms with E-state index in [0.29, 0.717) is 38.2 Å². The average molecular weight is 423 g/mol. The van der Waals surface area contributed by atoms with Gasteiger partial charge in [0.15, 0.2) is 0 Å². The summed E-state index contributed by atoms with van der Waals surface area (Å²) in [6, 6.07) is 6.23. The van der Waals surface area contributed by atoms with Gasteiger partial charge in [0, 0.05) is 31.8 Å². The van der Waals surface area contributed by atoms with E-state index in [2.05, 4.69) is 15.5 Å². The zero-order valence-corrected chi connectivity index (χ0v) is 17.4. The lowest BCUT2D eigenvalue weighted by Crippen LogP contribution is -2.27. The molecule has 1 N–H and O–H groups in total. The van der Waals surface area contributed by atoms with Crippen molar-refractivity contribution in [3.8, 4) is 11.5 Å². The predicted octanol–water partition coefficient (Wildman–Crippen LogP) is 2.07. The van der Waals surface area contributed by atoms with Crippen LogP contribution in [0.25, 0.3) is 11.5 Å². The molecule has 1 aromatic carbocycles. The van der Waals surface area contributed by atoms with Crippen LogP contribution in [0.5, 0.6) is 0 Å². The highest BCUT2D eigenvalue weighted by molar-refractivity contribution is 7.89. The van der Waals surface area contributed by atoms with Crippen LogP contribution in [-0.2, 0) is 14.8 Å². The molecule has 0 saturated carbocycles. The number of nitrogens with zero attached hydrogens (tertiary/aromatic N) is 3. The number of benzene rings is 1. The maximum Gasteiger partial charge on any atom is 0.308 e. The summed E-state index contributed by atoms with van der Waals surface area (Å²) in [5.74, 6) is -0.441. The number of nitrogens with one attached hydrogen (secondary N) is 1. The summed E-state index contributed by atoms with van der Waals surface area (Å²) >= 11 is 0. The molecule has 1 aliphatic heterocycles. The third-order valence-corrected chi connectivity index (χ3v) is 6.39. The van der Waals surface area contributed by atoms with Gasteiger partial charge in [-0.25, -0.2) is 8.42 Å². The molecular weight excluding hydrogens is 396 g/mol. The Morgan fingerprint density at radius 1 is 1.21 bits per heavy atom. The molecule has 1 aliphatic rings. The largest absolute Gasteiger partial charge is 0.412 e. The first kappa shape index (κ1) is 21.4. The van der Waals surface area contributed by atoms with E-state index in [-0.39, 0.29) is 22.8 Å². The van der Waals surface area contributed by atoms with Crippen LogP contribution in [0, 0.1) is 0 Å². The van der Waals surface area contributed by atoms with Crippen molar-refractivity contribution in [2.75, 3.05) is 26.2 Å². The molecule has 2 heterocycles. The highest BCUT2D eigenvalue weighted by atomic mass is 32.2. The van der Waals surface area contributed by atoms with E-state index in [0.717, 1.165) is 12.8 Å². The van der Waals surface area contributed by atoms with Gasteiger partial charge in [-0.15, -0.1) is 10.2 Å². The van der Waals surface area contributed by atoms with Crippen LogP contribution in [0.2, 0.25) is 0 Å². The minimum Gasteiger partial charge on any atom is -0.412 e. The summed E-state index contributed by atoms with van der Waals surface area (Å²) < 4.78 is 37.5. The van der Waals surface area contributed by atoms with E-state index >= 15 is 0 Å². The molecular formula is C19H26N4O5S. The molecule has 1 saturated heterocycles. The van der Waals surface area contributed by atoms with E-state index in [1.54, 1.807) is 12.1 Å². The molecule has 0 spiro atoms. The number of carbonyl (C=O) groups excluding carboxylic acids is 1. The van der Waals surface area contributed by atoms with Crippen LogP contribution in [0.3, 0.4) is 0 Å². The summed E-state index contributed by atoms with van der Waals surface area (Å²) in [6.07, 6.45) is 2.60. The van der Waals surface area contributed by atoms with Gasteiger partial charge in [0.25, 0.3) is 0 Å². The Hall–Kier alpha value is -2.30. The van der Waals surface area contributed by atoms with Crippen molar-refractivity contribution in [2.24, 2.45) is 0 Å². The normalized spacial score (nSPS) is 15.1. The van der Waals surface area contributed by atoms with Gasteiger partial charge in [0.1, 0.15) is 0 Å². The summed E-state index contributed by atoms with van der Waals surface area (Å²) in [5, 5.41) is 10.3. The number of ether oxygens (including phenoxy) is 1. The summed E-state index contributed by atoms with van der Waals surface area (Å²) in [5.41, 5.74) is 0.544. The molecule has 1 aromatic heterocycles. The minimum absolute atomic E-state index is 0.140. The monoisotopic (exact) mass is 422 g/mol. The fraction of sp³-hybridized carbons (Fsp3) is 0.526. The zero-order valence-electron chi connectivity index (χ0n) is 16.6. The maximum absolute atomic E-state index is 12.6. The average Bonchev–Trinajstić information content (AvgIpc) is 3.40. The zero-order chi connectivity index (χ0) is 20.9. The first-order valence-corrected chi connectivity index (χ1v) is 11.2. The van der Waals surface area contributed by atoms with Crippen molar-refractivity contribution in [1.29, 1.82) is 0 Å². The number of amides is 1. The van der Waals surface area contributed by atoms with Gasteiger partial charge in [0.2, 0.25) is 15.9 Å². The van der Waals surface area contributed by atoms with Crippen LogP contribution in [0.1, 0.15) is 43.8 Å². The number of sulfonamides is 1. The van der Waals surface area contributed by atoms with E-state index in [9.17, 15) is 13.2 Å². The van der Waals surface area contributed by atoms with Crippen LogP contribution >= 0.6 is 0 Å². The van der Waals surface area contributed by atoms with Crippen LogP contribution in [-0.4, -0.2) is 61.2 Å². The lowest BCUT2D eigenvalue weighted by Gasteiger charge is -2.15. The van der Waals surface area contributed by atoms with E-state index in [1.165, 1.54) is 16.4 Å². The van der Waals surface area contributed by atoms with Crippen molar-refractivity contribution < 1.29 is 22.4 Å². The van der Waals surface area contributed by atoms with Gasteiger partial charge in [-0.1, -0.05) is 0 Å². The van der Waals surface area contributed by atoms with Crippen molar-refractivity contribution in [1.82, 2.24) is 19.8 Å². The molecule has 29 heavy (non-hydrogen) atoms. The Bertz CT molecular complexity index is 918. The topological polar surface area (TPSA) is 115 Å². The Balaban J connectivity index is 1.59. The van der Waals surface area contributed by atoms with Crippen molar-refractivity contribution >= 4 is 15.9 Å². The lowest BCUT2D eigenvalue weighted by molar-refractivity contribution is 0.0752. The number of carbonyl (C=O) groups is 1. The Morgan fingerprint density at radius 2 is 1.90 bits per heavy atom. The number of rotatable bonds is 9. The van der Waals surface area contributed by atoms with E-state index in [1.807, 2.05) is 13.8 Å². The molecule has 2 aromatic rings. The molecule has 1 amide bonds. The molecule has 0 atom stereocenters. The third-order valence-electron chi connectivity index (χ3n) is 4.48. The predicted molar refractivity (Wildman–Crippen MR) is 106 cm³/mol. The quantitative estimate of drug-likeness (QED) is 0.615. The molecule has 9 nitrogen and oxygen atoms in total. The highest BCUT2D eigenvalue weighted by Crippen LogP contribution is 2.24. The van der Waals surface area contributed by atoms with Gasteiger partial charge >= 0.3 is 11.8 Å². The van der Waals surface area contributed by atoms with Crippen LogP contribution < -0.4 is 5.32 Å². The minimum atomic E-state index is -3.47. The van der Waals surface area contributed by atoms with Gasteiger partial charge in [0.05, 0.1) is 11.0 Å². The second-order valence-corrected chi connectivity index (χ2v) is 9.01. The second kappa shape index (κ2) is 9.47. The maximum atomic E-state index is 12.6. The van der Waals surface area contributed by atoms with Gasteiger partial charge in [-0.3, -0.25) is 4.79 Å². The molecule has 10 heteroatoms. The van der Waals surface area contributed by atoms with Crippen LogP contribution in [0.15, 0.2) is 33.6 Å². The Morgan fingerprint density at radius 3 is 2.55 bits per heavy atom. The fourth-order valence-electron chi connectivity index (χ4n) is 2.95. The molecule has 0 unspecified atom stereocenters. The second-order valence-electron chi connectivity index (χ2n) is 7.08. The van der Waals surface area contributed by atoms with Crippen LogP contribution in [0.4, 0.5) is 0 Å². The highest BCUT2D eigenvalue weighted by Gasteiger charge is 2.27. The van der Waals surface area contributed by atoms with Gasteiger partial charge in [-0.05, 0) is 57.4 Å². The number of hydrogen-bond donors (Lipinski definition) is 1. The van der Waals surface area contributed by atoms with Crippen molar-refractivity contribution in [3.05, 3.63) is 30.2 Å². The molecule has 158 valence electrons. The number of aromatic nitrogens is 2. The Kier molecular flexibility index (Phi) is 6.99. The summed E-state index contributed by atoms with van der Waals surface area (Å²) in [6.45, 7) is 6.00. The van der Waals surface area contributed by atoms with E-state index in [4.69, 9.17) is 9.15 Å². The lowest BCUT2D eigenvalue weighted by atomic mass is 10.2. The van der Waals surface area contributed by atoms with Crippen molar-refractivity contribution in [2.45, 2.75) is 44.1 Å². The molecule has 0 aliphatic carbocycles. The third kappa shape index (κ3) is 5.40. The van der Waals surface area contributed by atoms with Gasteiger partial charge < -0.3 is 14.5 Å². The Labute approximate surface area is 170 Å². The molecule has 1 fully saturated rings. The SMILES string of the molecule is CC(C)OCCCNC(=O)c1nnc(-c2ccc(S(=O)(=O)N3CCCC3)cc2)o1. The van der Waals surface area contributed by atoms with Gasteiger partial charge in [-0.2, -0.15) is 4.31 Å². The molecule has 3 rings (SSSR count). The van der Waals surface area contributed by atoms with E-state index < -0.39 is 15.9 Å². The standard InChI is InChI=1S/C19H26N4O5S/c1-14(2)27-13-5-10-20-17(24)19-22-21-18(28-19)15-6-8-16(9-7-15)29(25,26)23-11-3-4-12-23/h6-9,14H,3-5,10-13H2,1-2H3,(H,20,24). The fourth-order valence-corrected chi connectivity index (χ4v) is 4.46.